The Labute approximate surface area is 115 Å². The first kappa shape index (κ1) is 12.8. The zero-order chi connectivity index (χ0) is 13.8. The van der Waals surface area contributed by atoms with Crippen LogP contribution in [0.3, 0.4) is 0 Å². The maximum Gasteiger partial charge on any atom is 0.213 e. The number of nitrogens with zero attached hydrogens (tertiary/aromatic N) is 1. The first-order valence-corrected chi connectivity index (χ1v) is 7.24. The maximum absolute atomic E-state index is 6.22. The summed E-state index contributed by atoms with van der Waals surface area (Å²) in [6.07, 6.45) is 4.06. The number of hydrogen-bond acceptors (Lipinski definition) is 3. The number of aromatic nitrogens is 1. The second kappa shape index (κ2) is 3.87. The molecule has 2 aliphatic carbocycles. The standard InChI is InChI=1S/C16H24N2O/c1-10-12(17)5-6-14(18-10)19-13-9-11-7-8-16(13,4)15(11,2)3/h5-6,11,13H,7-9,17H2,1-4H3. The molecule has 2 fully saturated rings. The van der Waals surface area contributed by atoms with E-state index in [2.05, 4.69) is 25.8 Å². The third-order valence-corrected chi connectivity index (χ3v) is 6.08. The van der Waals surface area contributed by atoms with E-state index in [4.69, 9.17) is 10.5 Å². The number of ether oxygens (including phenoxy) is 1. The predicted octanol–water partition coefficient (Wildman–Crippen LogP) is 3.57. The van der Waals surface area contributed by atoms with Crippen LogP contribution < -0.4 is 10.5 Å². The molecule has 2 aliphatic rings. The van der Waals surface area contributed by atoms with Crippen LogP contribution in [0.25, 0.3) is 0 Å². The van der Waals surface area contributed by atoms with Crippen LogP contribution in [-0.4, -0.2) is 11.1 Å². The molecule has 0 aliphatic heterocycles. The number of pyridine rings is 1. The van der Waals surface area contributed by atoms with E-state index in [-0.39, 0.29) is 11.5 Å². The summed E-state index contributed by atoms with van der Waals surface area (Å²) in [6.45, 7) is 9.11. The van der Waals surface area contributed by atoms with Crippen LogP contribution in [0.2, 0.25) is 0 Å². The molecule has 3 nitrogen and oxygen atoms in total. The van der Waals surface area contributed by atoms with Gasteiger partial charge in [0.1, 0.15) is 6.10 Å². The quantitative estimate of drug-likeness (QED) is 0.884. The topological polar surface area (TPSA) is 48.1 Å². The summed E-state index contributed by atoms with van der Waals surface area (Å²) in [5, 5.41) is 0. The Bertz CT molecular complexity index is 511. The fourth-order valence-electron chi connectivity index (χ4n) is 4.07. The molecule has 0 amide bonds. The van der Waals surface area contributed by atoms with Gasteiger partial charge in [-0.3, -0.25) is 0 Å². The van der Waals surface area contributed by atoms with Crippen molar-refractivity contribution in [3.63, 3.8) is 0 Å². The zero-order valence-electron chi connectivity index (χ0n) is 12.4. The number of aryl methyl sites for hydroxylation is 1. The van der Waals surface area contributed by atoms with Gasteiger partial charge in [-0.15, -0.1) is 0 Å². The molecule has 3 atom stereocenters. The van der Waals surface area contributed by atoms with E-state index < -0.39 is 0 Å². The monoisotopic (exact) mass is 260 g/mol. The van der Waals surface area contributed by atoms with E-state index >= 15 is 0 Å². The molecule has 104 valence electrons. The first-order chi connectivity index (χ1) is 8.84. The molecule has 1 heterocycles. The summed E-state index contributed by atoms with van der Waals surface area (Å²) in [7, 11) is 0. The van der Waals surface area contributed by atoms with Gasteiger partial charge >= 0.3 is 0 Å². The molecular weight excluding hydrogens is 236 g/mol. The van der Waals surface area contributed by atoms with E-state index in [1.54, 1.807) is 0 Å². The molecule has 0 radical (unpaired) electrons. The molecule has 3 heteroatoms. The van der Waals surface area contributed by atoms with Crippen LogP contribution >= 0.6 is 0 Å². The molecule has 19 heavy (non-hydrogen) atoms. The second-order valence-electron chi connectivity index (χ2n) is 7.04. The summed E-state index contributed by atoms with van der Waals surface area (Å²) < 4.78 is 6.22. The van der Waals surface area contributed by atoms with Crippen molar-refractivity contribution in [2.75, 3.05) is 5.73 Å². The average Bonchev–Trinajstić information content (AvgIpc) is 2.67. The minimum absolute atomic E-state index is 0.272. The summed E-state index contributed by atoms with van der Waals surface area (Å²) in [6, 6.07) is 3.78. The van der Waals surface area contributed by atoms with Gasteiger partial charge in [-0.1, -0.05) is 20.8 Å². The molecule has 3 unspecified atom stereocenters. The Balaban J connectivity index is 1.84. The summed E-state index contributed by atoms with van der Waals surface area (Å²) >= 11 is 0. The van der Waals surface area contributed by atoms with Crippen molar-refractivity contribution in [3.8, 4) is 5.88 Å². The highest BCUT2D eigenvalue weighted by molar-refractivity contribution is 5.43. The van der Waals surface area contributed by atoms with Gasteiger partial charge in [-0.25, -0.2) is 4.98 Å². The molecule has 2 saturated carbocycles. The van der Waals surface area contributed by atoms with Gasteiger partial charge in [0.05, 0.1) is 11.4 Å². The van der Waals surface area contributed by atoms with Crippen LogP contribution in [0.15, 0.2) is 12.1 Å². The van der Waals surface area contributed by atoms with Crippen molar-refractivity contribution in [1.82, 2.24) is 4.98 Å². The highest BCUT2D eigenvalue weighted by atomic mass is 16.5. The molecule has 1 aromatic heterocycles. The molecule has 0 aromatic carbocycles. The van der Waals surface area contributed by atoms with Gasteiger partial charge in [-0.2, -0.15) is 0 Å². The number of rotatable bonds is 2. The molecule has 3 rings (SSSR count). The van der Waals surface area contributed by atoms with Crippen LogP contribution in [0.5, 0.6) is 5.88 Å². The zero-order valence-corrected chi connectivity index (χ0v) is 12.4. The van der Waals surface area contributed by atoms with Crippen molar-refractivity contribution in [2.45, 2.75) is 53.1 Å². The predicted molar refractivity (Wildman–Crippen MR) is 77.0 cm³/mol. The highest BCUT2D eigenvalue weighted by Gasteiger charge is 2.62. The Morgan fingerprint density at radius 3 is 2.58 bits per heavy atom. The molecule has 2 N–H and O–H groups in total. The number of hydrogen-bond donors (Lipinski definition) is 1. The van der Waals surface area contributed by atoms with E-state index in [1.807, 2.05) is 19.1 Å². The normalized spacial score (nSPS) is 35.6. The Kier molecular flexibility index (Phi) is 2.60. The largest absolute Gasteiger partial charge is 0.474 e. The summed E-state index contributed by atoms with van der Waals surface area (Å²) in [5.74, 6) is 1.51. The Morgan fingerprint density at radius 2 is 2.05 bits per heavy atom. The third-order valence-electron chi connectivity index (χ3n) is 6.08. The number of anilines is 1. The van der Waals surface area contributed by atoms with E-state index in [0.29, 0.717) is 5.41 Å². The van der Waals surface area contributed by atoms with Gasteiger partial charge in [0.15, 0.2) is 0 Å². The minimum Gasteiger partial charge on any atom is -0.474 e. The van der Waals surface area contributed by atoms with Crippen LogP contribution in [0, 0.1) is 23.7 Å². The maximum atomic E-state index is 6.22. The molecule has 0 saturated heterocycles. The van der Waals surface area contributed by atoms with Crippen LogP contribution in [0.1, 0.15) is 45.7 Å². The lowest BCUT2D eigenvalue weighted by atomic mass is 9.70. The van der Waals surface area contributed by atoms with Gasteiger partial charge in [0.2, 0.25) is 5.88 Å². The van der Waals surface area contributed by atoms with E-state index in [9.17, 15) is 0 Å². The van der Waals surface area contributed by atoms with Gasteiger partial charge < -0.3 is 10.5 Å². The average molecular weight is 260 g/mol. The second-order valence-corrected chi connectivity index (χ2v) is 7.04. The van der Waals surface area contributed by atoms with E-state index in [1.165, 1.54) is 12.8 Å². The van der Waals surface area contributed by atoms with Gasteiger partial charge in [0, 0.05) is 11.5 Å². The fourth-order valence-corrected chi connectivity index (χ4v) is 4.07. The number of fused-ring (bicyclic) bond motifs is 2. The fraction of sp³-hybridized carbons (Fsp3) is 0.688. The van der Waals surface area contributed by atoms with Gasteiger partial charge in [-0.05, 0) is 43.6 Å². The van der Waals surface area contributed by atoms with Crippen molar-refractivity contribution >= 4 is 5.69 Å². The first-order valence-electron chi connectivity index (χ1n) is 7.24. The summed E-state index contributed by atoms with van der Waals surface area (Å²) in [5.41, 5.74) is 8.04. The Morgan fingerprint density at radius 1 is 1.32 bits per heavy atom. The smallest absolute Gasteiger partial charge is 0.213 e. The number of nitrogen functional groups attached to an aromatic ring is 1. The Hall–Kier alpha value is -1.25. The molecular formula is C16H24N2O. The lowest BCUT2D eigenvalue weighted by Gasteiger charge is -2.38. The van der Waals surface area contributed by atoms with Crippen molar-refractivity contribution < 1.29 is 4.74 Å². The van der Waals surface area contributed by atoms with Gasteiger partial charge in [0.25, 0.3) is 0 Å². The SMILES string of the molecule is Cc1nc(OC2CC3CCC2(C)C3(C)C)ccc1N. The van der Waals surface area contributed by atoms with Crippen LogP contribution in [0.4, 0.5) is 5.69 Å². The highest BCUT2D eigenvalue weighted by Crippen LogP contribution is 2.66. The van der Waals surface area contributed by atoms with Crippen molar-refractivity contribution in [2.24, 2.45) is 16.7 Å². The molecule has 1 aromatic rings. The lowest BCUT2D eigenvalue weighted by Crippen LogP contribution is -2.39. The van der Waals surface area contributed by atoms with E-state index in [0.717, 1.165) is 29.6 Å². The van der Waals surface area contributed by atoms with Crippen molar-refractivity contribution in [1.29, 1.82) is 0 Å². The lowest BCUT2D eigenvalue weighted by molar-refractivity contribution is 0.0272. The molecule has 0 spiro atoms. The van der Waals surface area contributed by atoms with Crippen LogP contribution in [-0.2, 0) is 0 Å². The minimum atomic E-state index is 0.272. The summed E-state index contributed by atoms with van der Waals surface area (Å²) in [4.78, 5) is 4.45. The molecule has 2 bridgehead atoms. The van der Waals surface area contributed by atoms with Crippen molar-refractivity contribution in [3.05, 3.63) is 17.8 Å². The number of nitrogens with two attached hydrogens (primary N) is 1. The third kappa shape index (κ3) is 1.67.